The Hall–Kier alpha value is -1.92. The van der Waals surface area contributed by atoms with Crippen molar-refractivity contribution in [2.24, 2.45) is 11.5 Å². The molecular formula is C12H17N3O3. The highest BCUT2D eigenvalue weighted by molar-refractivity contribution is 5.89. The van der Waals surface area contributed by atoms with Crippen molar-refractivity contribution < 1.29 is 14.3 Å². The molecule has 1 rings (SSSR count). The molecule has 2 atom stereocenters. The second-order valence-electron chi connectivity index (χ2n) is 3.82. The molecule has 0 fully saturated rings. The predicted octanol–water partition coefficient (Wildman–Crippen LogP) is -0.697. The molecule has 0 aliphatic rings. The molecule has 0 saturated heterocycles. The SMILES string of the molecule is COCC(N)C(=O)NC(C(N)=O)c1ccccc1. The number of ether oxygens (including phenoxy) is 1. The third kappa shape index (κ3) is 3.83. The van der Waals surface area contributed by atoms with E-state index in [2.05, 4.69) is 5.32 Å². The molecule has 0 aliphatic heterocycles. The fourth-order valence-corrected chi connectivity index (χ4v) is 1.47. The lowest BCUT2D eigenvalue weighted by Crippen LogP contribution is -2.47. The van der Waals surface area contributed by atoms with Crippen molar-refractivity contribution in [2.45, 2.75) is 12.1 Å². The normalized spacial score (nSPS) is 13.7. The Morgan fingerprint density at radius 3 is 2.44 bits per heavy atom. The number of carbonyl (C=O) groups is 2. The molecule has 18 heavy (non-hydrogen) atoms. The molecule has 0 spiro atoms. The third-order valence-electron chi connectivity index (χ3n) is 2.39. The molecule has 0 heterocycles. The highest BCUT2D eigenvalue weighted by atomic mass is 16.5. The van der Waals surface area contributed by atoms with Gasteiger partial charge in [0.05, 0.1) is 6.61 Å². The number of carbonyl (C=O) groups excluding carboxylic acids is 2. The Bertz CT molecular complexity index is 408. The quantitative estimate of drug-likeness (QED) is 0.621. The number of benzene rings is 1. The second-order valence-corrected chi connectivity index (χ2v) is 3.82. The molecule has 98 valence electrons. The summed E-state index contributed by atoms with van der Waals surface area (Å²) < 4.78 is 4.77. The van der Waals surface area contributed by atoms with Gasteiger partial charge in [0.25, 0.3) is 0 Å². The van der Waals surface area contributed by atoms with Crippen molar-refractivity contribution in [3.8, 4) is 0 Å². The Balaban J connectivity index is 2.76. The summed E-state index contributed by atoms with van der Waals surface area (Å²) >= 11 is 0. The maximum Gasteiger partial charge on any atom is 0.244 e. The van der Waals surface area contributed by atoms with Crippen LogP contribution in [0.5, 0.6) is 0 Å². The average molecular weight is 251 g/mol. The molecule has 0 radical (unpaired) electrons. The number of methoxy groups -OCH3 is 1. The van der Waals surface area contributed by atoms with E-state index in [9.17, 15) is 9.59 Å². The average Bonchev–Trinajstić information content (AvgIpc) is 2.36. The monoisotopic (exact) mass is 251 g/mol. The summed E-state index contributed by atoms with van der Waals surface area (Å²) in [5.41, 5.74) is 11.4. The van der Waals surface area contributed by atoms with Crippen molar-refractivity contribution in [1.82, 2.24) is 5.32 Å². The van der Waals surface area contributed by atoms with Crippen LogP contribution in [0.25, 0.3) is 0 Å². The van der Waals surface area contributed by atoms with Gasteiger partial charge in [-0.1, -0.05) is 30.3 Å². The van der Waals surface area contributed by atoms with E-state index in [-0.39, 0.29) is 6.61 Å². The Morgan fingerprint density at radius 1 is 1.33 bits per heavy atom. The molecule has 0 aromatic heterocycles. The van der Waals surface area contributed by atoms with Gasteiger partial charge in [-0.25, -0.2) is 0 Å². The summed E-state index contributed by atoms with van der Waals surface area (Å²) in [5.74, 6) is -1.12. The zero-order valence-corrected chi connectivity index (χ0v) is 10.1. The minimum absolute atomic E-state index is 0.0755. The standard InChI is InChI=1S/C12H17N3O3/c1-18-7-9(13)12(17)15-10(11(14)16)8-5-3-2-4-6-8/h2-6,9-10H,7,13H2,1H3,(H2,14,16)(H,15,17). The lowest BCUT2D eigenvalue weighted by molar-refractivity contribution is -0.129. The molecule has 0 aliphatic carbocycles. The van der Waals surface area contributed by atoms with Gasteiger partial charge in [-0.2, -0.15) is 0 Å². The van der Waals surface area contributed by atoms with Crippen LogP contribution in [0, 0.1) is 0 Å². The molecule has 5 N–H and O–H groups in total. The van der Waals surface area contributed by atoms with Crippen molar-refractivity contribution in [3.05, 3.63) is 35.9 Å². The maximum absolute atomic E-state index is 11.7. The first-order valence-corrected chi connectivity index (χ1v) is 5.45. The number of hydrogen-bond donors (Lipinski definition) is 3. The Kier molecular flexibility index (Phi) is 5.29. The minimum atomic E-state index is -0.887. The first-order valence-electron chi connectivity index (χ1n) is 5.45. The van der Waals surface area contributed by atoms with Gasteiger partial charge in [0.1, 0.15) is 12.1 Å². The Morgan fingerprint density at radius 2 is 1.94 bits per heavy atom. The summed E-state index contributed by atoms with van der Waals surface area (Å²) in [6.45, 7) is 0.0755. The van der Waals surface area contributed by atoms with Gasteiger partial charge in [0.2, 0.25) is 11.8 Å². The number of rotatable bonds is 6. The van der Waals surface area contributed by atoms with Gasteiger partial charge in [-0.3, -0.25) is 9.59 Å². The van der Waals surface area contributed by atoms with Gasteiger partial charge in [-0.05, 0) is 5.56 Å². The molecule has 1 aromatic rings. The summed E-state index contributed by atoms with van der Waals surface area (Å²) in [6.07, 6.45) is 0. The highest BCUT2D eigenvalue weighted by Gasteiger charge is 2.23. The molecule has 2 unspecified atom stereocenters. The van der Waals surface area contributed by atoms with Crippen LogP contribution in [0.1, 0.15) is 11.6 Å². The summed E-state index contributed by atoms with van der Waals surface area (Å²) in [4.78, 5) is 23.0. The lowest BCUT2D eigenvalue weighted by Gasteiger charge is -2.18. The maximum atomic E-state index is 11.7. The molecular weight excluding hydrogens is 234 g/mol. The van der Waals surface area contributed by atoms with E-state index in [0.29, 0.717) is 5.56 Å². The van der Waals surface area contributed by atoms with Crippen LogP contribution in [-0.4, -0.2) is 31.6 Å². The first-order chi connectivity index (χ1) is 8.56. The largest absolute Gasteiger partial charge is 0.383 e. The molecule has 0 saturated carbocycles. The van der Waals surface area contributed by atoms with Gasteiger partial charge in [0, 0.05) is 7.11 Å². The number of amides is 2. The predicted molar refractivity (Wildman–Crippen MR) is 66.4 cm³/mol. The number of hydrogen-bond acceptors (Lipinski definition) is 4. The fraction of sp³-hybridized carbons (Fsp3) is 0.333. The van der Waals surface area contributed by atoms with Crippen LogP contribution in [0.15, 0.2) is 30.3 Å². The van der Waals surface area contributed by atoms with Crippen molar-refractivity contribution in [1.29, 1.82) is 0 Å². The van der Waals surface area contributed by atoms with Crippen molar-refractivity contribution >= 4 is 11.8 Å². The zero-order chi connectivity index (χ0) is 13.5. The van der Waals surface area contributed by atoms with Crippen molar-refractivity contribution in [3.63, 3.8) is 0 Å². The van der Waals surface area contributed by atoms with E-state index in [1.807, 2.05) is 0 Å². The number of nitrogens with one attached hydrogen (secondary N) is 1. The highest BCUT2D eigenvalue weighted by Crippen LogP contribution is 2.11. The van der Waals surface area contributed by atoms with E-state index in [0.717, 1.165) is 0 Å². The van der Waals surface area contributed by atoms with Gasteiger partial charge in [-0.15, -0.1) is 0 Å². The lowest BCUT2D eigenvalue weighted by atomic mass is 10.1. The van der Waals surface area contributed by atoms with Gasteiger partial charge >= 0.3 is 0 Å². The van der Waals surface area contributed by atoms with Gasteiger partial charge < -0.3 is 21.5 Å². The summed E-state index contributed by atoms with van der Waals surface area (Å²) in [6, 6.07) is 7.01. The smallest absolute Gasteiger partial charge is 0.244 e. The summed E-state index contributed by atoms with van der Waals surface area (Å²) in [7, 11) is 1.44. The molecule has 6 heteroatoms. The van der Waals surface area contributed by atoms with Crippen LogP contribution >= 0.6 is 0 Å². The van der Waals surface area contributed by atoms with E-state index in [1.165, 1.54) is 7.11 Å². The summed E-state index contributed by atoms with van der Waals surface area (Å²) in [5, 5.41) is 2.50. The first kappa shape index (κ1) is 14.1. The molecule has 6 nitrogen and oxygen atoms in total. The van der Waals surface area contributed by atoms with Crippen LogP contribution in [0.3, 0.4) is 0 Å². The van der Waals surface area contributed by atoms with Crippen LogP contribution < -0.4 is 16.8 Å². The van der Waals surface area contributed by atoms with E-state index in [1.54, 1.807) is 30.3 Å². The van der Waals surface area contributed by atoms with E-state index in [4.69, 9.17) is 16.2 Å². The Labute approximate surface area is 105 Å². The molecule has 1 aromatic carbocycles. The number of primary amides is 1. The minimum Gasteiger partial charge on any atom is -0.383 e. The second kappa shape index (κ2) is 6.73. The zero-order valence-electron chi connectivity index (χ0n) is 10.1. The van der Waals surface area contributed by atoms with Gasteiger partial charge in [0.15, 0.2) is 0 Å². The van der Waals surface area contributed by atoms with E-state index >= 15 is 0 Å². The van der Waals surface area contributed by atoms with Crippen LogP contribution in [0.4, 0.5) is 0 Å². The fourth-order valence-electron chi connectivity index (χ4n) is 1.47. The van der Waals surface area contributed by atoms with Crippen LogP contribution in [0.2, 0.25) is 0 Å². The molecule has 0 bridgehead atoms. The van der Waals surface area contributed by atoms with Crippen molar-refractivity contribution in [2.75, 3.05) is 13.7 Å². The third-order valence-corrected chi connectivity index (χ3v) is 2.39. The molecule has 2 amide bonds. The topological polar surface area (TPSA) is 107 Å². The number of nitrogens with two attached hydrogens (primary N) is 2. The van der Waals surface area contributed by atoms with Crippen LogP contribution in [-0.2, 0) is 14.3 Å². The van der Waals surface area contributed by atoms with E-state index < -0.39 is 23.9 Å².